The molecule has 1 aromatic heterocycles. The largest absolute Gasteiger partial charge is 0.490 e. The maximum Gasteiger partial charge on any atom is 0.417 e. The van der Waals surface area contributed by atoms with Gasteiger partial charge in [0.05, 0.1) is 23.6 Å². The summed E-state index contributed by atoms with van der Waals surface area (Å²) in [6.45, 7) is 9.48. The lowest BCUT2D eigenvalue weighted by atomic mass is 10.1. The topological polar surface area (TPSA) is 183 Å². The number of imide groups is 1. The van der Waals surface area contributed by atoms with Crippen LogP contribution in [-0.2, 0) is 31.8 Å². The first kappa shape index (κ1) is 41.9. The zero-order valence-electron chi connectivity index (χ0n) is 32.1. The Morgan fingerprint density at radius 1 is 0.948 bits per heavy atom. The molecule has 3 aliphatic rings. The van der Waals surface area contributed by atoms with Crippen molar-refractivity contribution in [2.75, 3.05) is 87.2 Å². The summed E-state index contributed by atoms with van der Waals surface area (Å²) < 4.78 is 45.6. The van der Waals surface area contributed by atoms with Gasteiger partial charge in [0.15, 0.2) is 5.60 Å². The predicted molar refractivity (Wildman–Crippen MR) is 207 cm³/mol. The first-order chi connectivity index (χ1) is 27.7. The van der Waals surface area contributed by atoms with E-state index in [-0.39, 0.29) is 30.3 Å². The van der Waals surface area contributed by atoms with Crippen LogP contribution < -0.4 is 30.5 Å². The number of hydrogen-bond acceptors (Lipinski definition) is 12. The van der Waals surface area contributed by atoms with Crippen LogP contribution in [0.2, 0.25) is 0 Å². The lowest BCUT2D eigenvalue weighted by Gasteiger charge is -2.39. The molecule has 3 aromatic rings. The number of nitrogens with zero attached hydrogens (tertiary/aromatic N) is 6. The van der Waals surface area contributed by atoms with Crippen LogP contribution in [0.25, 0.3) is 0 Å². The Morgan fingerprint density at radius 2 is 1.60 bits per heavy atom. The number of hydrogen-bond donors (Lipinski definition) is 4. The van der Waals surface area contributed by atoms with Crippen molar-refractivity contribution in [2.45, 2.75) is 44.0 Å². The summed E-state index contributed by atoms with van der Waals surface area (Å²) >= 11 is 0. The molecule has 2 aromatic carbocycles. The highest BCUT2D eigenvalue weighted by atomic mass is 19.4. The number of carbonyl (C=O) groups is 4. The number of benzene rings is 2. The number of nitriles is 1. The number of pyridine rings is 1. The standard InChI is InChI=1S/C40H46F3N9O6/c1-39(57,38(56)46-29-3-2-28(25-44)32(24-29)40(41,42)43)26-58-31-6-4-30(5-7-31)51-18-14-49(15-19-51)12-13-50-16-20-52(21-17-50)34-22-27(10-11-45-34)23-36(54)47-33-8-9-35(53)48-37(33)55/h2-7,10-11,22,24,33,57H,8-9,12-21,23,26H2,1H3,(H,46,56)(H,47,54)(H,48,53,55). The Kier molecular flexibility index (Phi) is 13.1. The molecular weight excluding hydrogens is 759 g/mol. The third kappa shape index (κ3) is 11.0. The Morgan fingerprint density at radius 3 is 2.22 bits per heavy atom. The van der Waals surface area contributed by atoms with Crippen molar-refractivity contribution >= 4 is 40.8 Å². The zero-order valence-corrected chi connectivity index (χ0v) is 32.1. The van der Waals surface area contributed by atoms with E-state index in [0.717, 1.165) is 94.6 Å². The highest BCUT2D eigenvalue weighted by Crippen LogP contribution is 2.34. The number of carbonyl (C=O) groups excluding carboxylic acids is 4. The monoisotopic (exact) mass is 805 g/mol. The fourth-order valence-corrected chi connectivity index (χ4v) is 6.98. The van der Waals surface area contributed by atoms with Crippen LogP contribution in [-0.4, -0.2) is 127 Å². The van der Waals surface area contributed by atoms with Gasteiger partial charge in [-0.3, -0.25) is 34.3 Å². The SMILES string of the molecule is CC(O)(COc1ccc(N2CCN(CCN3CCN(c4cc(CC(=O)NC5CCC(=O)NC5=O)ccn4)CC3)CC2)cc1)C(=O)Nc1ccc(C#N)c(C(F)(F)F)c1. The second kappa shape index (κ2) is 18.2. The van der Waals surface area contributed by atoms with Crippen molar-refractivity contribution < 1.29 is 42.2 Å². The number of amides is 4. The Bertz CT molecular complexity index is 2010. The molecule has 3 fully saturated rings. The van der Waals surface area contributed by atoms with E-state index in [1.165, 1.54) is 13.0 Å². The van der Waals surface area contributed by atoms with Crippen LogP contribution in [0.5, 0.6) is 5.75 Å². The number of ether oxygens (including phenoxy) is 1. The maximum atomic E-state index is 13.3. The molecule has 18 heteroatoms. The van der Waals surface area contributed by atoms with Crippen LogP contribution in [0.1, 0.15) is 36.5 Å². The molecule has 6 rings (SSSR count). The third-order valence-corrected chi connectivity index (χ3v) is 10.5. The molecule has 4 N–H and O–H groups in total. The van der Waals surface area contributed by atoms with Gasteiger partial charge in [0.25, 0.3) is 5.91 Å². The van der Waals surface area contributed by atoms with E-state index in [1.807, 2.05) is 18.2 Å². The first-order valence-electron chi connectivity index (χ1n) is 19.1. The molecule has 0 aliphatic carbocycles. The van der Waals surface area contributed by atoms with E-state index in [4.69, 9.17) is 10.00 Å². The minimum Gasteiger partial charge on any atom is -0.490 e. The molecule has 2 unspecified atom stereocenters. The molecule has 0 spiro atoms. The van der Waals surface area contributed by atoms with Gasteiger partial charge in [0, 0.05) is 89.4 Å². The van der Waals surface area contributed by atoms with Crippen LogP contribution in [0.15, 0.2) is 60.8 Å². The number of nitrogens with one attached hydrogen (secondary N) is 3. The fourth-order valence-electron chi connectivity index (χ4n) is 6.98. The average Bonchev–Trinajstić information content (AvgIpc) is 3.20. The highest BCUT2D eigenvalue weighted by molar-refractivity contribution is 6.01. The third-order valence-electron chi connectivity index (χ3n) is 10.5. The molecule has 0 radical (unpaired) electrons. The van der Waals surface area contributed by atoms with Crippen molar-refractivity contribution in [1.29, 1.82) is 5.26 Å². The smallest absolute Gasteiger partial charge is 0.417 e. The van der Waals surface area contributed by atoms with Crippen LogP contribution in [0.3, 0.4) is 0 Å². The van der Waals surface area contributed by atoms with Gasteiger partial charge in [-0.1, -0.05) is 0 Å². The highest BCUT2D eigenvalue weighted by Gasteiger charge is 2.36. The van der Waals surface area contributed by atoms with Crippen molar-refractivity contribution in [3.05, 3.63) is 77.5 Å². The van der Waals surface area contributed by atoms with Crippen LogP contribution in [0.4, 0.5) is 30.4 Å². The lowest BCUT2D eigenvalue weighted by molar-refractivity contribution is -0.138. The second-order valence-corrected chi connectivity index (χ2v) is 14.8. The van der Waals surface area contributed by atoms with Gasteiger partial charge in [0.2, 0.25) is 17.7 Å². The minimum absolute atomic E-state index is 0.110. The molecule has 0 bridgehead atoms. The summed E-state index contributed by atoms with van der Waals surface area (Å²) in [5, 5.41) is 27.0. The Hall–Kier alpha value is -5.77. The Balaban J connectivity index is 0.883. The quantitative estimate of drug-likeness (QED) is 0.185. The van der Waals surface area contributed by atoms with E-state index in [0.29, 0.717) is 18.2 Å². The van der Waals surface area contributed by atoms with Crippen molar-refractivity contribution in [3.8, 4) is 11.8 Å². The van der Waals surface area contributed by atoms with Gasteiger partial charge in [-0.15, -0.1) is 0 Å². The Labute approximate surface area is 333 Å². The molecule has 0 saturated carbocycles. The summed E-state index contributed by atoms with van der Waals surface area (Å²) in [6, 6.07) is 14.5. The van der Waals surface area contributed by atoms with E-state index >= 15 is 0 Å². The molecule has 2 atom stereocenters. The summed E-state index contributed by atoms with van der Waals surface area (Å²) in [4.78, 5) is 62.6. The van der Waals surface area contributed by atoms with Gasteiger partial charge in [-0.25, -0.2) is 4.98 Å². The molecule has 58 heavy (non-hydrogen) atoms. The summed E-state index contributed by atoms with van der Waals surface area (Å²) in [6.07, 6.45) is -2.49. The normalized spacial score (nSPS) is 19.1. The van der Waals surface area contributed by atoms with Crippen molar-refractivity contribution in [1.82, 2.24) is 25.4 Å². The molecule has 4 amide bonds. The lowest BCUT2D eigenvalue weighted by Crippen LogP contribution is -2.52. The van der Waals surface area contributed by atoms with Gasteiger partial charge >= 0.3 is 6.18 Å². The van der Waals surface area contributed by atoms with E-state index < -0.39 is 47.4 Å². The summed E-state index contributed by atoms with van der Waals surface area (Å²) in [7, 11) is 0. The van der Waals surface area contributed by atoms with Gasteiger partial charge in [-0.2, -0.15) is 18.4 Å². The predicted octanol–water partition coefficient (Wildman–Crippen LogP) is 2.15. The summed E-state index contributed by atoms with van der Waals surface area (Å²) in [5.74, 6) is -0.825. The number of piperidine rings is 1. The van der Waals surface area contributed by atoms with Crippen LogP contribution >= 0.6 is 0 Å². The maximum absolute atomic E-state index is 13.3. The summed E-state index contributed by atoms with van der Waals surface area (Å²) in [5.41, 5.74) is -2.25. The van der Waals surface area contributed by atoms with Gasteiger partial charge < -0.3 is 30.3 Å². The van der Waals surface area contributed by atoms with Crippen molar-refractivity contribution in [3.63, 3.8) is 0 Å². The average molecular weight is 806 g/mol. The fraction of sp³-hybridized carbons (Fsp3) is 0.450. The van der Waals surface area contributed by atoms with Crippen LogP contribution in [0, 0.1) is 11.3 Å². The number of piperazine rings is 2. The minimum atomic E-state index is -4.79. The number of aliphatic hydroxyl groups is 1. The molecule has 3 aliphatic heterocycles. The number of aromatic nitrogens is 1. The number of anilines is 3. The van der Waals surface area contributed by atoms with Gasteiger partial charge in [-0.05, 0) is 73.5 Å². The number of alkyl halides is 3. The first-order valence-corrected chi connectivity index (χ1v) is 19.1. The number of halogens is 3. The second-order valence-electron chi connectivity index (χ2n) is 14.8. The zero-order chi connectivity index (χ0) is 41.5. The number of rotatable bonds is 13. The van der Waals surface area contributed by atoms with Crippen molar-refractivity contribution in [2.24, 2.45) is 0 Å². The van der Waals surface area contributed by atoms with E-state index in [9.17, 15) is 37.5 Å². The van der Waals surface area contributed by atoms with E-state index in [1.54, 1.807) is 24.4 Å². The molecule has 15 nitrogen and oxygen atoms in total. The molecule has 4 heterocycles. The van der Waals surface area contributed by atoms with E-state index in [2.05, 4.69) is 40.5 Å². The van der Waals surface area contributed by atoms with Gasteiger partial charge in [0.1, 0.15) is 24.2 Å². The molecule has 308 valence electrons. The molecule has 3 saturated heterocycles. The molecular formula is C40H46F3N9O6.